The van der Waals surface area contributed by atoms with Crippen molar-refractivity contribution in [2.45, 2.75) is 45.3 Å². The third kappa shape index (κ3) is 2.45. The Morgan fingerprint density at radius 2 is 2.35 bits per heavy atom. The maximum atomic E-state index is 12.1. The molecule has 2 aromatic heterocycles. The summed E-state index contributed by atoms with van der Waals surface area (Å²) in [6.07, 6.45) is 8.80. The first kappa shape index (κ1) is 12.9. The Balaban J connectivity index is 1.62. The van der Waals surface area contributed by atoms with Crippen LogP contribution in [0.15, 0.2) is 24.7 Å². The van der Waals surface area contributed by atoms with Gasteiger partial charge in [0.25, 0.3) is 0 Å². The van der Waals surface area contributed by atoms with Crippen molar-refractivity contribution in [3.63, 3.8) is 0 Å². The van der Waals surface area contributed by atoms with Crippen LogP contribution in [0.1, 0.15) is 37.1 Å². The van der Waals surface area contributed by atoms with E-state index in [0.29, 0.717) is 6.54 Å². The first-order valence-electron chi connectivity index (χ1n) is 7.06. The van der Waals surface area contributed by atoms with Crippen molar-refractivity contribution < 1.29 is 4.79 Å². The number of hydrogen-bond donors (Lipinski definition) is 1. The smallest absolute Gasteiger partial charge is 0.244 e. The number of hydrogen-bond acceptors (Lipinski definition) is 3. The fourth-order valence-corrected chi connectivity index (χ4v) is 2.59. The number of aryl methyl sites for hydroxylation is 1. The third-order valence-corrected chi connectivity index (χ3v) is 3.82. The van der Waals surface area contributed by atoms with Crippen LogP contribution in [0.3, 0.4) is 0 Å². The summed E-state index contributed by atoms with van der Waals surface area (Å²) in [7, 11) is 0. The van der Waals surface area contributed by atoms with Gasteiger partial charge in [0.05, 0.1) is 6.20 Å². The number of rotatable bonds is 4. The summed E-state index contributed by atoms with van der Waals surface area (Å²) in [5, 5.41) is 11.4. The van der Waals surface area contributed by atoms with E-state index < -0.39 is 0 Å². The highest BCUT2D eigenvalue weighted by Gasteiger charge is 2.18. The quantitative estimate of drug-likeness (QED) is 0.913. The second-order valence-corrected chi connectivity index (χ2v) is 5.18. The fraction of sp³-hybridized carbons (Fsp3) is 0.500. The molecule has 0 unspecified atom stereocenters. The number of carbonyl (C=O) groups is 1. The standard InChI is InChI=1S/C14H19N5O/c1-11(18-8-4-6-16-18)14(20)15-9-12-10-17-19-7-3-2-5-13(12)19/h4,6,8,10-11H,2-3,5,7,9H2,1H3,(H,15,20)/t11-/m1/s1. The van der Waals surface area contributed by atoms with E-state index in [2.05, 4.69) is 20.2 Å². The molecule has 1 atom stereocenters. The van der Waals surface area contributed by atoms with Crippen LogP contribution >= 0.6 is 0 Å². The van der Waals surface area contributed by atoms with Gasteiger partial charge in [0.15, 0.2) is 0 Å². The molecule has 1 N–H and O–H groups in total. The zero-order valence-corrected chi connectivity index (χ0v) is 11.6. The van der Waals surface area contributed by atoms with Crippen LogP contribution in [0.4, 0.5) is 0 Å². The van der Waals surface area contributed by atoms with E-state index in [1.807, 2.05) is 19.2 Å². The number of carbonyl (C=O) groups excluding carboxylic acids is 1. The van der Waals surface area contributed by atoms with Crippen molar-refractivity contribution >= 4 is 5.91 Å². The van der Waals surface area contributed by atoms with Gasteiger partial charge in [-0.05, 0) is 32.3 Å². The monoisotopic (exact) mass is 273 g/mol. The largest absolute Gasteiger partial charge is 0.350 e. The highest BCUT2D eigenvalue weighted by atomic mass is 16.2. The molecule has 20 heavy (non-hydrogen) atoms. The van der Waals surface area contributed by atoms with Gasteiger partial charge in [0.2, 0.25) is 5.91 Å². The predicted molar refractivity (Wildman–Crippen MR) is 73.9 cm³/mol. The lowest BCUT2D eigenvalue weighted by molar-refractivity contribution is -0.124. The average Bonchev–Trinajstić information content (AvgIpc) is 3.13. The Morgan fingerprint density at radius 3 is 3.15 bits per heavy atom. The molecule has 2 aromatic rings. The minimum atomic E-state index is -0.295. The number of nitrogens with zero attached hydrogens (tertiary/aromatic N) is 4. The lowest BCUT2D eigenvalue weighted by Gasteiger charge is -2.16. The van der Waals surface area contributed by atoms with E-state index in [1.165, 1.54) is 18.5 Å². The van der Waals surface area contributed by atoms with Crippen LogP contribution in [0.25, 0.3) is 0 Å². The van der Waals surface area contributed by atoms with Gasteiger partial charge in [-0.15, -0.1) is 0 Å². The molecule has 1 amide bonds. The number of fused-ring (bicyclic) bond motifs is 1. The molecule has 106 valence electrons. The molecule has 1 aliphatic heterocycles. The van der Waals surface area contributed by atoms with E-state index >= 15 is 0 Å². The van der Waals surface area contributed by atoms with Gasteiger partial charge < -0.3 is 5.32 Å². The lowest BCUT2D eigenvalue weighted by atomic mass is 10.1. The van der Waals surface area contributed by atoms with E-state index in [9.17, 15) is 4.79 Å². The second kappa shape index (κ2) is 5.48. The Kier molecular flexibility index (Phi) is 3.54. The van der Waals surface area contributed by atoms with Gasteiger partial charge in [-0.3, -0.25) is 14.2 Å². The van der Waals surface area contributed by atoms with Crippen LogP contribution < -0.4 is 5.32 Å². The Hall–Kier alpha value is -2.11. The van der Waals surface area contributed by atoms with Crippen molar-refractivity contribution in [3.05, 3.63) is 35.9 Å². The molecule has 1 aliphatic rings. The maximum Gasteiger partial charge on any atom is 0.244 e. The summed E-state index contributed by atoms with van der Waals surface area (Å²) >= 11 is 0. The molecule has 0 saturated carbocycles. The molecule has 0 saturated heterocycles. The molecule has 0 bridgehead atoms. The molecule has 6 nitrogen and oxygen atoms in total. The lowest BCUT2D eigenvalue weighted by Crippen LogP contribution is -2.31. The second-order valence-electron chi connectivity index (χ2n) is 5.18. The molecule has 3 heterocycles. The first-order valence-corrected chi connectivity index (χ1v) is 7.06. The number of amides is 1. The minimum Gasteiger partial charge on any atom is -0.350 e. The first-order chi connectivity index (χ1) is 9.75. The van der Waals surface area contributed by atoms with E-state index in [4.69, 9.17) is 0 Å². The summed E-state index contributed by atoms with van der Waals surface area (Å²) in [4.78, 5) is 12.1. The van der Waals surface area contributed by atoms with Crippen molar-refractivity contribution in [1.82, 2.24) is 24.9 Å². The van der Waals surface area contributed by atoms with E-state index in [1.54, 1.807) is 17.1 Å². The normalized spacial score (nSPS) is 15.7. The summed E-state index contributed by atoms with van der Waals surface area (Å²) in [5.41, 5.74) is 2.40. The fourth-order valence-electron chi connectivity index (χ4n) is 2.59. The molecule has 0 aromatic carbocycles. The molecule has 0 aliphatic carbocycles. The van der Waals surface area contributed by atoms with Gasteiger partial charge in [-0.25, -0.2) is 0 Å². The molecule has 0 radical (unpaired) electrons. The molecule has 0 fully saturated rings. The maximum absolute atomic E-state index is 12.1. The SMILES string of the molecule is C[C@H](C(=O)NCc1cnn2c1CCCC2)n1cccn1. The molecular formula is C14H19N5O. The number of nitrogens with one attached hydrogen (secondary N) is 1. The zero-order chi connectivity index (χ0) is 13.9. The van der Waals surface area contributed by atoms with E-state index in [-0.39, 0.29) is 11.9 Å². The van der Waals surface area contributed by atoms with Crippen molar-refractivity contribution in [3.8, 4) is 0 Å². The van der Waals surface area contributed by atoms with Gasteiger partial charge in [-0.1, -0.05) is 0 Å². The van der Waals surface area contributed by atoms with Crippen molar-refractivity contribution in [1.29, 1.82) is 0 Å². The summed E-state index contributed by atoms with van der Waals surface area (Å²) < 4.78 is 3.71. The summed E-state index contributed by atoms with van der Waals surface area (Å²) in [6, 6.07) is 1.52. The van der Waals surface area contributed by atoms with Crippen LogP contribution in [0.5, 0.6) is 0 Å². The molecule has 3 rings (SSSR count). The van der Waals surface area contributed by atoms with Gasteiger partial charge >= 0.3 is 0 Å². The Bertz CT molecular complexity index is 587. The van der Waals surface area contributed by atoms with Crippen LogP contribution in [-0.4, -0.2) is 25.5 Å². The van der Waals surface area contributed by atoms with Gasteiger partial charge in [-0.2, -0.15) is 10.2 Å². The molecule has 6 heteroatoms. The van der Waals surface area contributed by atoms with Gasteiger partial charge in [0.1, 0.15) is 6.04 Å². The molecule has 0 spiro atoms. The Morgan fingerprint density at radius 1 is 1.45 bits per heavy atom. The predicted octanol–water partition coefficient (Wildman–Crippen LogP) is 1.29. The summed E-state index contributed by atoms with van der Waals surface area (Å²) in [5.74, 6) is -0.0236. The molecular weight excluding hydrogens is 254 g/mol. The van der Waals surface area contributed by atoms with Crippen molar-refractivity contribution in [2.24, 2.45) is 0 Å². The average molecular weight is 273 g/mol. The third-order valence-electron chi connectivity index (χ3n) is 3.82. The highest BCUT2D eigenvalue weighted by Crippen LogP contribution is 2.18. The van der Waals surface area contributed by atoms with Crippen LogP contribution in [0, 0.1) is 0 Å². The summed E-state index contributed by atoms with van der Waals surface area (Å²) in [6.45, 7) is 3.38. The minimum absolute atomic E-state index is 0.0236. The Labute approximate surface area is 117 Å². The zero-order valence-electron chi connectivity index (χ0n) is 11.6. The highest BCUT2D eigenvalue weighted by molar-refractivity contribution is 5.79. The van der Waals surface area contributed by atoms with Crippen LogP contribution in [0.2, 0.25) is 0 Å². The van der Waals surface area contributed by atoms with Crippen LogP contribution in [-0.2, 0) is 24.3 Å². The van der Waals surface area contributed by atoms with Crippen molar-refractivity contribution in [2.75, 3.05) is 0 Å². The topological polar surface area (TPSA) is 64.7 Å². The van der Waals surface area contributed by atoms with Gasteiger partial charge in [0, 0.05) is 36.7 Å². The number of aromatic nitrogens is 4. The van der Waals surface area contributed by atoms with E-state index in [0.717, 1.165) is 18.5 Å².